The van der Waals surface area contributed by atoms with Gasteiger partial charge < -0.3 is 22.4 Å². The van der Waals surface area contributed by atoms with E-state index in [-0.39, 0.29) is 28.3 Å². The summed E-state index contributed by atoms with van der Waals surface area (Å²) in [5, 5.41) is 0.0252. The van der Waals surface area contributed by atoms with Gasteiger partial charge in [-0.3, -0.25) is 0 Å². The van der Waals surface area contributed by atoms with Gasteiger partial charge in [0.1, 0.15) is 0 Å². The minimum absolute atomic E-state index is 0.00142. The number of hydrogen-bond donors (Lipinski definition) is 0. The van der Waals surface area contributed by atoms with Crippen molar-refractivity contribution in [1.29, 1.82) is 0 Å². The lowest BCUT2D eigenvalue weighted by molar-refractivity contribution is -0.0136. The SMILES string of the molecule is CCOC(CC(C)c1ccc(C(C)Cl)cc1)[SiH2]OCC(C)CO[Si]1(CC(C)c2ccc(C(C)Cl)cc2)OCC(C)CO1. The average Bonchev–Trinajstić information content (AvgIpc) is 2.97. The highest BCUT2D eigenvalue weighted by atomic mass is 35.5. The zero-order valence-corrected chi connectivity index (χ0v) is 30.5. The van der Waals surface area contributed by atoms with Crippen LogP contribution in [0.15, 0.2) is 48.5 Å². The van der Waals surface area contributed by atoms with Gasteiger partial charge in [-0.1, -0.05) is 76.2 Å². The summed E-state index contributed by atoms with van der Waals surface area (Å²) in [5.41, 5.74) is 5.01. The average molecular weight is 656 g/mol. The highest BCUT2D eigenvalue weighted by Gasteiger charge is 2.46. The molecular formula is C33H52Cl2O5Si2. The van der Waals surface area contributed by atoms with Gasteiger partial charge in [0.2, 0.25) is 0 Å². The van der Waals surface area contributed by atoms with Crippen LogP contribution >= 0.6 is 23.2 Å². The fourth-order valence-electron chi connectivity index (χ4n) is 5.23. The molecule has 0 saturated carbocycles. The molecule has 6 atom stereocenters. The number of hydrogen-bond acceptors (Lipinski definition) is 5. The minimum atomic E-state index is -2.82. The van der Waals surface area contributed by atoms with E-state index in [4.69, 9.17) is 45.6 Å². The van der Waals surface area contributed by atoms with Gasteiger partial charge in [0.25, 0.3) is 0 Å². The maximum atomic E-state index is 6.56. The van der Waals surface area contributed by atoms with Crippen molar-refractivity contribution in [3.63, 3.8) is 0 Å². The molecule has 6 unspecified atom stereocenters. The largest absolute Gasteiger partial charge is 0.501 e. The second-order valence-corrected chi connectivity index (χ2v) is 17.9. The van der Waals surface area contributed by atoms with E-state index in [0.29, 0.717) is 44.9 Å². The van der Waals surface area contributed by atoms with Crippen LogP contribution in [0.2, 0.25) is 6.04 Å². The van der Waals surface area contributed by atoms with Crippen LogP contribution in [0.4, 0.5) is 0 Å². The molecule has 0 aliphatic carbocycles. The summed E-state index contributed by atoms with van der Waals surface area (Å²) >= 11 is 12.5. The van der Waals surface area contributed by atoms with E-state index >= 15 is 0 Å². The second kappa shape index (κ2) is 17.7. The molecule has 0 amide bonds. The van der Waals surface area contributed by atoms with Crippen molar-refractivity contribution in [3.05, 3.63) is 70.8 Å². The van der Waals surface area contributed by atoms with Crippen LogP contribution in [0, 0.1) is 11.8 Å². The van der Waals surface area contributed by atoms with E-state index in [2.05, 4.69) is 83.1 Å². The lowest BCUT2D eigenvalue weighted by Gasteiger charge is -2.37. The van der Waals surface area contributed by atoms with E-state index in [1.165, 1.54) is 11.1 Å². The molecule has 1 saturated heterocycles. The first kappa shape index (κ1) is 35.7. The molecule has 1 aliphatic rings. The van der Waals surface area contributed by atoms with Crippen LogP contribution in [0.5, 0.6) is 0 Å². The zero-order chi connectivity index (χ0) is 30.7. The van der Waals surface area contributed by atoms with Gasteiger partial charge in [0.05, 0.1) is 16.5 Å². The number of halogens is 2. The molecule has 236 valence electrons. The second-order valence-electron chi connectivity index (χ2n) is 12.2. The van der Waals surface area contributed by atoms with E-state index in [0.717, 1.165) is 23.6 Å². The van der Waals surface area contributed by atoms with Gasteiger partial charge in [-0.05, 0) is 61.3 Å². The van der Waals surface area contributed by atoms with Crippen molar-refractivity contribution in [2.24, 2.45) is 11.8 Å². The third kappa shape index (κ3) is 11.3. The lowest BCUT2D eigenvalue weighted by Crippen LogP contribution is -2.52. The number of rotatable bonds is 17. The molecule has 0 aromatic heterocycles. The molecule has 0 bridgehead atoms. The van der Waals surface area contributed by atoms with Gasteiger partial charge in [-0.2, -0.15) is 0 Å². The Labute approximate surface area is 268 Å². The van der Waals surface area contributed by atoms with Crippen molar-refractivity contribution in [1.82, 2.24) is 0 Å². The highest BCUT2D eigenvalue weighted by molar-refractivity contribution is 6.61. The van der Waals surface area contributed by atoms with Gasteiger partial charge >= 0.3 is 8.80 Å². The van der Waals surface area contributed by atoms with Crippen LogP contribution in [0.25, 0.3) is 0 Å². The molecule has 2 aromatic carbocycles. The Morgan fingerprint density at radius 3 is 1.81 bits per heavy atom. The van der Waals surface area contributed by atoms with Crippen molar-refractivity contribution in [2.45, 2.75) is 89.2 Å². The maximum absolute atomic E-state index is 6.56. The predicted molar refractivity (Wildman–Crippen MR) is 180 cm³/mol. The minimum Gasteiger partial charge on any atom is -0.421 e. The van der Waals surface area contributed by atoms with E-state index in [1.54, 1.807) is 0 Å². The van der Waals surface area contributed by atoms with Crippen molar-refractivity contribution >= 4 is 41.8 Å². The Bertz CT molecular complexity index is 1030. The highest BCUT2D eigenvalue weighted by Crippen LogP contribution is 2.33. The molecule has 1 fully saturated rings. The molecule has 0 N–H and O–H groups in total. The third-order valence-corrected chi connectivity index (χ3v) is 12.8. The smallest absolute Gasteiger partial charge is 0.421 e. The fraction of sp³-hybridized carbons (Fsp3) is 0.636. The first-order valence-electron chi connectivity index (χ1n) is 15.6. The Kier molecular flexibility index (Phi) is 15.0. The Hall–Kier alpha value is -0.746. The van der Waals surface area contributed by atoms with E-state index in [9.17, 15) is 0 Å². The number of ether oxygens (including phenoxy) is 1. The molecule has 2 aromatic rings. The number of alkyl halides is 2. The summed E-state index contributed by atoms with van der Waals surface area (Å²) < 4.78 is 31.7. The summed E-state index contributed by atoms with van der Waals surface area (Å²) in [6.07, 6.45) is 0.958. The third-order valence-electron chi connectivity index (χ3n) is 7.97. The van der Waals surface area contributed by atoms with Crippen LogP contribution < -0.4 is 0 Å². The summed E-state index contributed by atoms with van der Waals surface area (Å²) in [4.78, 5) is 0. The topological polar surface area (TPSA) is 46.2 Å². The molecule has 42 heavy (non-hydrogen) atoms. The van der Waals surface area contributed by atoms with Crippen LogP contribution in [0.3, 0.4) is 0 Å². The molecular weight excluding hydrogens is 603 g/mol. The molecule has 0 radical (unpaired) electrons. The first-order valence-corrected chi connectivity index (χ1v) is 19.8. The van der Waals surface area contributed by atoms with E-state index < -0.39 is 18.6 Å². The van der Waals surface area contributed by atoms with E-state index in [1.807, 2.05) is 13.8 Å². The summed E-state index contributed by atoms with van der Waals surface area (Å²) in [6, 6.07) is 17.9. The molecule has 1 aliphatic heterocycles. The Balaban J connectivity index is 1.50. The van der Waals surface area contributed by atoms with Crippen LogP contribution in [0.1, 0.15) is 99.7 Å². The van der Waals surface area contributed by atoms with Crippen molar-refractivity contribution in [3.8, 4) is 0 Å². The van der Waals surface area contributed by atoms with Crippen LogP contribution in [-0.2, 0) is 22.4 Å². The van der Waals surface area contributed by atoms with Gasteiger partial charge in [-0.15, -0.1) is 23.2 Å². The number of benzene rings is 2. The quantitative estimate of drug-likeness (QED) is 0.127. The molecule has 1 heterocycles. The maximum Gasteiger partial charge on any atom is 0.501 e. The molecule has 0 spiro atoms. The zero-order valence-electron chi connectivity index (χ0n) is 26.6. The van der Waals surface area contributed by atoms with Crippen LogP contribution in [-0.4, -0.2) is 57.3 Å². The summed E-state index contributed by atoms with van der Waals surface area (Å²) in [5.74, 6) is 1.26. The lowest BCUT2D eigenvalue weighted by atomic mass is 9.96. The van der Waals surface area contributed by atoms with Gasteiger partial charge in [0.15, 0.2) is 9.76 Å². The molecule has 3 rings (SSSR count). The molecule has 5 nitrogen and oxygen atoms in total. The standard InChI is InChI=1S/C33H52Cl2O5Si2/c1-8-36-33(17-25(4)29-9-13-31(14-10-29)27(6)34)41-37-18-23(2)19-38-42(39-20-24(3)21-40-42)22-26(5)30-11-15-32(16-12-30)28(7)35/h9-16,23-28,33H,8,17-22,41H2,1-7H3. The van der Waals surface area contributed by atoms with Gasteiger partial charge in [0, 0.05) is 50.9 Å². The Morgan fingerprint density at radius 1 is 0.810 bits per heavy atom. The monoisotopic (exact) mass is 654 g/mol. The summed E-state index contributed by atoms with van der Waals surface area (Å²) in [6.45, 7) is 18.1. The van der Waals surface area contributed by atoms with Crippen molar-refractivity contribution in [2.75, 3.05) is 33.0 Å². The first-order chi connectivity index (χ1) is 20.0. The summed E-state index contributed by atoms with van der Waals surface area (Å²) in [7, 11) is -3.70. The fourth-order valence-corrected chi connectivity index (χ4v) is 10.5. The Morgan fingerprint density at radius 2 is 1.31 bits per heavy atom. The predicted octanol–water partition coefficient (Wildman–Crippen LogP) is 8.32. The normalized spacial score (nSPS) is 23.9. The van der Waals surface area contributed by atoms with Crippen molar-refractivity contribution < 1.29 is 22.4 Å². The molecule has 9 heteroatoms. The van der Waals surface area contributed by atoms with Gasteiger partial charge in [-0.25, -0.2) is 0 Å².